The Kier molecular flexibility index (Phi) is 4.62. The quantitative estimate of drug-likeness (QED) is 0.839. The number of hydrogen-bond acceptors (Lipinski definition) is 4. The Hall–Kier alpha value is -2.66. The first-order valence-corrected chi connectivity index (χ1v) is 7.69. The number of halogens is 1. The molecule has 124 valence electrons. The molecule has 1 aliphatic rings. The fourth-order valence-electron chi connectivity index (χ4n) is 2.44. The zero-order valence-corrected chi connectivity index (χ0v) is 13.8. The van der Waals surface area contributed by atoms with E-state index >= 15 is 0 Å². The van der Waals surface area contributed by atoms with E-state index < -0.39 is 6.23 Å². The normalized spacial score (nSPS) is 15.8. The average Bonchev–Trinajstić information content (AvgIpc) is 2.60. The lowest BCUT2D eigenvalue weighted by molar-refractivity contribution is 0.0755. The summed E-state index contributed by atoms with van der Waals surface area (Å²) in [5.41, 5.74) is 1.16. The number of amides is 1. The van der Waals surface area contributed by atoms with Crippen LogP contribution in [0.3, 0.4) is 0 Å². The molecule has 0 saturated carbocycles. The van der Waals surface area contributed by atoms with Gasteiger partial charge in [0.1, 0.15) is 12.4 Å². The Morgan fingerprint density at radius 3 is 2.92 bits per heavy atom. The van der Waals surface area contributed by atoms with E-state index in [-0.39, 0.29) is 5.91 Å². The lowest BCUT2D eigenvalue weighted by Gasteiger charge is -2.27. The third kappa shape index (κ3) is 3.03. The predicted molar refractivity (Wildman–Crippen MR) is 91.0 cm³/mol. The van der Waals surface area contributed by atoms with Gasteiger partial charge < -0.3 is 19.5 Å². The van der Waals surface area contributed by atoms with Gasteiger partial charge in [0.25, 0.3) is 5.91 Å². The van der Waals surface area contributed by atoms with Crippen molar-refractivity contribution in [1.82, 2.24) is 5.32 Å². The van der Waals surface area contributed by atoms with Crippen LogP contribution in [-0.4, -0.2) is 19.6 Å². The van der Waals surface area contributed by atoms with Crippen molar-refractivity contribution < 1.29 is 19.0 Å². The second-order valence-corrected chi connectivity index (χ2v) is 5.51. The SMILES string of the molecule is C=CCOc1c(Cl)cc([C@@H]2NC(=O)c3ccccc3O2)cc1OC. The van der Waals surface area contributed by atoms with Gasteiger partial charge in [0, 0.05) is 5.56 Å². The van der Waals surface area contributed by atoms with E-state index in [0.717, 1.165) is 0 Å². The van der Waals surface area contributed by atoms with Gasteiger partial charge in [0.15, 0.2) is 17.7 Å². The van der Waals surface area contributed by atoms with Gasteiger partial charge in [-0.1, -0.05) is 36.4 Å². The summed E-state index contributed by atoms with van der Waals surface area (Å²) in [6, 6.07) is 10.5. The molecule has 1 amide bonds. The number of hydrogen-bond donors (Lipinski definition) is 1. The summed E-state index contributed by atoms with van der Waals surface area (Å²) in [4.78, 5) is 12.2. The molecule has 1 N–H and O–H groups in total. The van der Waals surface area contributed by atoms with Crippen LogP contribution in [-0.2, 0) is 0 Å². The second-order valence-electron chi connectivity index (χ2n) is 5.10. The third-order valence-corrected chi connectivity index (χ3v) is 3.82. The number of nitrogens with one attached hydrogen (secondary N) is 1. The van der Waals surface area contributed by atoms with Gasteiger partial charge in [-0.25, -0.2) is 0 Å². The first-order valence-electron chi connectivity index (χ1n) is 7.31. The van der Waals surface area contributed by atoms with Crippen molar-refractivity contribution in [1.29, 1.82) is 0 Å². The molecule has 3 rings (SSSR count). The first-order chi connectivity index (χ1) is 11.6. The van der Waals surface area contributed by atoms with E-state index in [1.165, 1.54) is 7.11 Å². The molecule has 0 aliphatic carbocycles. The van der Waals surface area contributed by atoms with Gasteiger partial charge in [0.2, 0.25) is 0 Å². The largest absolute Gasteiger partial charge is 0.493 e. The van der Waals surface area contributed by atoms with Crippen molar-refractivity contribution in [2.75, 3.05) is 13.7 Å². The Bertz CT molecular complexity index is 791. The van der Waals surface area contributed by atoms with Crippen LogP contribution in [0.15, 0.2) is 49.1 Å². The molecule has 2 aromatic carbocycles. The minimum atomic E-state index is -0.660. The number of rotatable bonds is 5. The van der Waals surface area contributed by atoms with E-state index in [1.807, 2.05) is 6.07 Å². The maximum atomic E-state index is 12.2. The molecule has 1 atom stereocenters. The number of methoxy groups -OCH3 is 1. The molecule has 0 radical (unpaired) electrons. The Balaban J connectivity index is 1.94. The predicted octanol–water partition coefficient (Wildman–Crippen LogP) is 3.73. The molecule has 0 aromatic heterocycles. The Morgan fingerprint density at radius 2 is 2.17 bits per heavy atom. The van der Waals surface area contributed by atoms with Crippen molar-refractivity contribution in [3.63, 3.8) is 0 Å². The lowest BCUT2D eigenvalue weighted by atomic mass is 10.1. The Morgan fingerprint density at radius 1 is 1.38 bits per heavy atom. The van der Waals surface area contributed by atoms with Gasteiger partial charge in [-0.15, -0.1) is 0 Å². The van der Waals surface area contributed by atoms with Crippen LogP contribution in [0.25, 0.3) is 0 Å². The molecule has 0 saturated heterocycles. The van der Waals surface area contributed by atoms with Crippen LogP contribution < -0.4 is 19.5 Å². The highest BCUT2D eigenvalue weighted by atomic mass is 35.5. The first kappa shape index (κ1) is 16.2. The molecule has 0 fully saturated rings. The van der Waals surface area contributed by atoms with E-state index in [1.54, 1.807) is 36.4 Å². The highest BCUT2D eigenvalue weighted by molar-refractivity contribution is 6.32. The van der Waals surface area contributed by atoms with E-state index in [2.05, 4.69) is 11.9 Å². The molecule has 0 spiro atoms. The average molecular weight is 346 g/mol. The molecule has 1 aliphatic heterocycles. The van der Waals surface area contributed by atoms with Crippen LogP contribution in [0.5, 0.6) is 17.2 Å². The highest BCUT2D eigenvalue weighted by Crippen LogP contribution is 2.39. The zero-order chi connectivity index (χ0) is 17.1. The zero-order valence-electron chi connectivity index (χ0n) is 13.0. The van der Waals surface area contributed by atoms with Gasteiger partial charge in [0.05, 0.1) is 17.7 Å². The minimum Gasteiger partial charge on any atom is -0.493 e. The maximum absolute atomic E-state index is 12.2. The van der Waals surface area contributed by atoms with Crippen LogP contribution in [0, 0.1) is 0 Å². The van der Waals surface area contributed by atoms with Crippen LogP contribution in [0.4, 0.5) is 0 Å². The van der Waals surface area contributed by atoms with E-state index in [0.29, 0.717) is 40.0 Å². The second kappa shape index (κ2) is 6.84. The van der Waals surface area contributed by atoms with Crippen LogP contribution in [0.1, 0.15) is 22.1 Å². The molecule has 24 heavy (non-hydrogen) atoms. The summed E-state index contributed by atoms with van der Waals surface area (Å²) in [5, 5.41) is 3.16. The monoisotopic (exact) mass is 345 g/mol. The van der Waals surface area contributed by atoms with Crippen molar-refractivity contribution in [3.8, 4) is 17.2 Å². The van der Waals surface area contributed by atoms with Gasteiger partial charge in [-0.05, 0) is 24.3 Å². The van der Waals surface area contributed by atoms with E-state index in [4.69, 9.17) is 25.8 Å². The fraction of sp³-hybridized carbons (Fsp3) is 0.167. The molecular formula is C18H16ClNO4. The van der Waals surface area contributed by atoms with Crippen LogP contribution >= 0.6 is 11.6 Å². The summed E-state index contributed by atoms with van der Waals surface area (Å²) in [5.74, 6) is 1.19. The summed E-state index contributed by atoms with van der Waals surface area (Å²) in [6.07, 6.45) is 0.956. The van der Waals surface area contributed by atoms with Crippen molar-refractivity contribution in [3.05, 3.63) is 65.2 Å². The van der Waals surface area contributed by atoms with Gasteiger partial charge >= 0.3 is 0 Å². The van der Waals surface area contributed by atoms with Crippen molar-refractivity contribution >= 4 is 17.5 Å². The highest BCUT2D eigenvalue weighted by Gasteiger charge is 2.27. The molecule has 6 heteroatoms. The summed E-state index contributed by atoms with van der Waals surface area (Å²) in [6.45, 7) is 3.91. The van der Waals surface area contributed by atoms with Crippen molar-refractivity contribution in [2.24, 2.45) is 0 Å². The number of carbonyl (C=O) groups is 1. The molecule has 5 nitrogen and oxygen atoms in total. The van der Waals surface area contributed by atoms with E-state index in [9.17, 15) is 4.79 Å². The maximum Gasteiger partial charge on any atom is 0.258 e. The molecule has 1 heterocycles. The van der Waals surface area contributed by atoms with Crippen LogP contribution in [0.2, 0.25) is 5.02 Å². The lowest BCUT2D eigenvalue weighted by Crippen LogP contribution is -2.36. The molecule has 2 aromatic rings. The van der Waals surface area contributed by atoms with Gasteiger partial charge in [-0.3, -0.25) is 4.79 Å². The minimum absolute atomic E-state index is 0.205. The summed E-state index contributed by atoms with van der Waals surface area (Å²) in [7, 11) is 1.52. The third-order valence-electron chi connectivity index (χ3n) is 3.54. The molecule has 0 bridgehead atoms. The molecular weight excluding hydrogens is 330 g/mol. The van der Waals surface area contributed by atoms with Crippen molar-refractivity contribution in [2.45, 2.75) is 6.23 Å². The topological polar surface area (TPSA) is 56.8 Å². The smallest absolute Gasteiger partial charge is 0.258 e. The fourth-order valence-corrected chi connectivity index (χ4v) is 2.71. The standard InChI is InChI=1S/C18H16ClNO4/c1-3-8-23-16-13(19)9-11(10-15(16)22-2)18-20-17(21)12-6-4-5-7-14(12)24-18/h3-7,9-10,18H,1,8H2,2H3,(H,20,21)/t18-/m1/s1. The Labute approximate surface area is 144 Å². The number of fused-ring (bicyclic) bond motifs is 1. The summed E-state index contributed by atoms with van der Waals surface area (Å²) >= 11 is 6.30. The number of benzene rings is 2. The molecule has 0 unspecified atom stereocenters. The summed E-state index contributed by atoms with van der Waals surface area (Å²) < 4.78 is 16.7. The number of para-hydroxylation sites is 1. The van der Waals surface area contributed by atoms with Gasteiger partial charge in [-0.2, -0.15) is 0 Å². The number of carbonyl (C=O) groups excluding carboxylic acids is 1. The number of ether oxygens (including phenoxy) is 3.